The van der Waals surface area contributed by atoms with Gasteiger partial charge >= 0.3 is 0 Å². The normalized spacial score (nSPS) is 28.2. The van der Waals surface area contributed by atoms with Crippen LogP contribution >= 0.6 is 11.6 Å². The van der Waals surface area contributed by atoms with Crippen LogP contribution in [0, 0.1) is 16.7 Å². The van der Waals surface area contributed by atoms with E-state index < -0.39 is 11.3 Å². The second-order valence-electron chi connectivity index (χ2n) is 7.43. The van der Waals surface area contributed by atoms with Gasteiger partial charge in [-0.2, -0.15) is 0 Å². The first-order valence-electron chi connectivity index (χ1n) is 8.08. The van der Waals surface area contributed by atoms with Crippen molar-refractivity contribution in [2.45, 2.75) is 33.6 Å². The number of hydrogen-bond acceptors (Lipinski definition) is 3. The molecule has 3 amide bonds. The fourth-order valence-electron chi connectivity index (χ4n) is 3.96. The van der Waals surface area contributed by atoms with E-state index in [1.165, 1.54) is 0 Å². The molecule has 2 aliphatic rings. The fraction of sp³-hybridized carbons (Fsp3) is 0.500. The van der Waals surface area contributed by atoms with Gasteiger partial charge < -0.3 is 5.32 Å². The number of fused-ring (bicyclic) bond motifs is 2. The lowest BCUT2D eigenvalue weighted by atomic mass is 9.62. The van der Waals surface area contributed by atoms with Gasteiger partial charge in [-0.3, -0.25) is 19.3 Å². The maximum absolute atomic E-state index is 12.9. The van der Waals surface area contributed by atoms with Crippen molar-refractivity contribution < 1.29 is 14.4 Å². The monoisotopic (exact) mass is 348 g/mol. The number of benzene rings is 1. The number of nitrogens with zero attached hydrogens (tertiary/aromatic N) is 1. The molecule has 24 heavy (non-hydrogen) atoms. The number of halogens is 1. The molecule has 0 radical (unpaired) electrons. The third-order valence-corrected chi connectivity index (χ3v) is 6.15. The number of hydrogen-bond donors (Lipinski definition) is 1. The zero-order valence-electron chi connectivity index (χ0n) is 14.1. The first kappa shape index (κ1) is 17.0. The molecule has 1 saturated heterocycles. The van der Waals surface area contributed by atoms with E-state index in [0.29, 0.717) is 23.6 Å². The summed E-state index contributed by atoms with van der Waals surface area (Å²) in [6, 6.07) is 6.75. The number of nitrogens with one attached hydrogen (secondary N) is 1. The van der Waals surface area contributed by atoms with Gasteiger partial charge in [0.25, 0.3) is 0 Å². The Kier molecular flexibility index (Phi) is 3.95. The molecule has 1 aromatic carbocycles. The van der Waals surface area contributed by atoms with Crippen molar-refractivity contribution in [1.82, 2.24) is 4.90 Å². The Labute approximate surface area is 146 Å². The van der Waals surface area contributed by atoms with E-state index in [9.17, 15) is 14.4 Å². The van der Waals surface area contributed by atoms with Gasteiger partial charge in [-0.05, 0) is 36.5 Å². The highest BCUT2D eigenvalue weighted by Gasteiger charge is 2.64. The van der Waals surface area contributed by atoms with Crippen LogP contribution in [0.2, 0.25) is 5.02 Å². The Hall–Kier alpha value is -1.88. The highest BCUT2D eigenvalue weighted by Crippen LogP contribution is 2.59. The van der Waals surface area contributed by atoms with E-state index in [0.717, 1.165) is 4.90 Å². The van der Waals surface area contributed by atoms with Crippen molar-refractivity contribution in [2.75, 3.05) is 11.9 Å². The van der Waals surface area contributed by atoms with E-state index in [1.54, 1.807) is 24.3 Å². The summed E-state index contributed by atoms with van der Waals surface area (Å²) in [5.74, 6) is -1.09. The smallest absolute Gasteiger partial charge is 0.244 e. The minimum absolute atomic E-state index is 0.209. The Morgan fingerprint density at radius 2 is 2.04 bits per heavy atom. The maximum Gasteiger partial charge on any atom is 0.244 e. The van der Waals surface area contributed by atoms with Gasteiger partial charge in [0.2, 0.25) is 17.7 Å². The van der Waals surface area contributed by atoms with E-state index in [-0.39, 0.29) is 29.7 Å². The molecule has 1 aliphatic heterocycles. The SMILES string of the molecule is CC12CCC(C(=O)N(CC(=O)Nc3cccc(Cl)c3)C1=O)C2(C)C. The molecule has 0 aromatic heterocycles. The first-order chi connectivity index (χ1) is 11.2. The zero-order chi connectivity index (χ0) is 17.7. The summed E-state index contributed by atoms with van der Waals surface area (Å²) in [4.78, 5) is 39.0. The van der Waals surface area contributed by atoms with Crippen molar-refractivity contribution >= 4 is 35.0 Å². The molecule has 5 nitrogen and oxygen atoms in total. The van der Waals surface area contributed by atoms with Crippen LogP contribution in [0.5, 0.6) is 0 Å². The van der Waals surface area contributed by atoms with Crippen LogP contribution in [0.25, 0.3) is 0 Å². The number of piperidine rings is 1. The Balaban J connectivity index is 1.77. The summed E-state index contributed by atoms with van der Waals surface area (Å²) in [6.07, 6.45) is 1.38. The maximum atomic E-state index is 12.9. The largest absolute Gasteiger partial charge is 0.324 e. The summed E-state index contributed by atoms with van der Waals surface area (Å²) < 4.78 is 0. The Morgan fingerprint density at radius 3 is 2.71 bits per heavy atom. The van der Waals surface area contributed by atoms with Crippen molar-refractivity contribution in [3.8, 4) is 0 Å². The van der Waals surface area contributed by atoms with Crippen LogP contribution in [0.15, 0.2) is 24.3 Å². The van der Waals surface area contributed by atoms with Crippen LogP contribution in [0.4, 0.5) is 5.69 Å². The number of imide groups is 1. The van der Waals surface area contributed by atoms with Crippen LogP contribution in [0.1, 0.15) is 33.6 Å². The molecule has 2 atom stereocenters. The van der Waals surface area contributed by atoms with Gasteiger partial charge in [-0.25, -0.2) is 0 Å². The minimum Gasteiger partial charge on any atom is -0.324 e. The molecular formula is C18H21ClN2O3. The number of amides is 3. The lowest BCUT2D eigenvalue weighted by molar-refractivity contribution is -0.168. The van der Waals surface area contributed by atoms with Crippen molar-refractivity contribution in [1.29, 1.82) is 0 Å². The molecule has 6 heteroatoms. The highest BCUT2D eigenvalue weighted by atomic mass is 35.5. The van der Waals surface area contributed by atoms with Crippen LogP contribution in [-0.2, 0) is 14.4 Å². The van der Waals surface area contributed by atoms with Crippen LogP contribution < -0.4 is 5.32 Å². The first-order valence-corrected chi connectivity index (χ1v) is 8.46. The molecule has 3 rings (SSSR count). The molecule has 128 valence electrons. The average molecular weight is 349 g/mol. The number of anilines is 1. The molecule has 2 fully saturated rings. The van der Waals surface area contributed by atoms with E-state index in [2.05, 4.69) is 5.32 Å². The lowest BCUT2D eigenvalue weighted by Gasteiger charge is -2.47. The molecule has 1 aromatic rings. The molecular weight excluding hydrogens is 328 g/mol. The number of likely N-dealkylation sites (tertiary alicyclic amines) is 1. The van der Waals surface area contributed by atoms with Crippen LogP contribution in [-0.4, -0.2) is 29.2 Å². The van der Waals surface area contributed by atoms with Crippen molar-refractivity contribution in [3.63, 3.8) is 0 Å². The summed E-state index contributed by atoms with van der Waals surface area (Å²) in [5.41, 5.74) is -0.429. The van der Waals surface area contributed by atoms with E-state index in [1.807, 2.05) is 20.8 Å². The number of carbonyl (C=O) groups excluding carboxylic acids is 3. The minimum atomic E-state index is -0.595. The lowest BCUT2D eigenvalue weighted by Crippen LogP contribution is -2.60. The molecule has 1 heterocycles. The molecule has 0 spiro atoms. The second kappa shape index (κ2) is 5.59. The number of carbonyl (C=O) groups is 3. The standard InChI is InChI=1S/C18H21ClN2O3/c1-17(2)13-7-8-18(17,3)16(24)21(15(13)23)10-14(22)20-12-6-4-5-11(19)9-12/h4-6,9,13H,7-8,10H2,1-3H3,(H,20,22). The molecule has 1 N–H and O–H groups in total. The van der Waals surface area contributed by atoms with E-state index in [4.69, 9.17) is 11.6 Å². The highest BCUT2D eigenvalue weighted by molar-refractivity contribution is 6.30. The summed E-state index contributed by atoms with van der Waals surface area (Å²) in [5, 5.41) is 3.19. The van der Waals surface area contributed by atoms with Gasteiger partial charge in [-0.15, -0.1) is 0 Å². The van der Waals surface area contributed by atoms with E-state index >= 15 is 0 Å². The number of rotatable bonds is 3. The van der Waals surface area contributed by atoms with Gasteiger partial charge in [-0.1, -0.05) is 38.4 Å². The predicted octanol–water partition coefficient (Wildman–Crippen LogP) is 3.09. The van der Waals surface area contributed by atoms with Crippen molar-refractivity contribution in [3.05, 3.63) is 29.3 Å². The third-order valence-electron chi connectivity index (χ3n) is 5.92. The van der Waals surface area contributed by atoms with Gasteiger partial charge in [0, 0.05) is 16.6 Å². The summed E-state index contributed by atoms with van der Waals surface area (Å²) in [7, 11) is 0. The quantitative estimate of drug-likeness (QED) is 0.853. The topological polar surface area (TPSA) is 66.5 Å². The zero-order valence-corrected chi connectivity index (χ0v) is 14.8. The second-order valence-corrected chi connectivity index (χ2v) is 7.87. The van der Waals surface area contributed by atoms with Gasteiger partial charge in [0.05, 0.1) is 5.41 Å². The Morgan fingerprint density at radius 1 is 1.33 bits per heavy atom. The molecule has 1 aliphatic carbocycles. The third kappa shape index (κ3) is 2.42. The van der Waals surface area contributed by atoms with Gasteiger partial charge in [0.1, 0.15) is 6.54 Å². The van der Waals surface area contributed by atoms with Gasteiger partial charge in [0.15, 0.2) is 0 Å². The molecule has 2 unspecified atom stereocenters. The molecule has 1 saturated carbocycles. The fourth-order valence-corrected chi connectivity index (χ4v) is 4.15. The average Bonchev–Trinajstić information content (AvgIpc) is 2.69. The van der Waals surface area contributed by atoms with Crippen molar-refractivity contribution in [2.24, 2.45) is 16.7 Å². The summed E-state index contributed by atoms with van der Waals surface area (Å²) >= 11 is 5.89. The predicted molar refractivity (Wildman–Crippen MR) is 91.4 cm³/mol. The summed E-state index contributed by atoms with van der Waals surface area (Å²) in [6.45, 7) is 5.60. The molecule has 2 bridgehead atoms. The Bertz CT molecular complexity index is 731. The van der Waals surface area contributed by atoms with Crippen LogP contribution in [0.3, 0.4) is 0 Å².